The summed E-state index contributed by atoms with van der Waals surface area (Å²) in [5.74, 6) is 0.118. The standard InChI is InChI=1S/C21H21BrN2O2/c1-24(15-17-4-2-16(14-23)3-5-17)20(25)21(10-12-26-13-11-21)18-6-8-19(22)9-7-18/h2-9H,10-13,15H2,1H3. The third kappa shape index (κ3) is 3.82. The number of carbonyl (C=O) groups is 1. The normalized spacial score (nSPS) is 15.9. The van der Waals surface area contributed by atoms with Crippen molar-refractivity contribution in [3.05, 3.63) is 69.7 Å². The van der Waals surface area contributed by atoms with E-state index < -0.39 is 5.41 Å². The molecule has 1 fully saturated rings. The van der Waals surface area contributed by atoms with Crippen LogP contribution >= 0.6 is 15.9 Å². The molecule has 0 bridgehead atoms. The number of ether oxygens (including phenoxy) is 1. The number of hydrogen-bond donors (Lipinski definition) is 0. The van der Waals surface area contributed by atoms with Crippen molar-refractivity contribution in [2.75, 3.05) is 20.3 Å². The molecule has 0 aromatic heterocycles. The summed E-state index contributed by atoms with van der Waals surface area (Å²) in [7, 11) is 1.84. The molecule has 5 heteroatoms. The molecule has 4 nitrogen and oxygen atoms in total. The molecule has 134 valence electrons. The molecular weight excluding hydrogens is 392 g/mol. The second-order valence-corrected chi connectivity index (χ2v) is 7.59. The number of nitriles is 1. The van der Waals surface area contributed by atoms with E-state index in [-0.39, 0.29) is 5.91 Å². The SMILES string of the molecule is CN(Cc1ccc(C#N)cc1)C(=O)C1(c2ccc(Br)cc2)CCOCC1. The molecule has 1 saturated heterocycles. The average Bonchev–Trinajstić information content (AvgIpc) is 2.69. The zero-order chi connectivity index (χ0) is 18.6. The second-order valence-electron chi connectivity index (χ2n) is 6.67. The quantitative estimate of drug-likeness (QED) is 0.761. The van der Waals surface area contributed by atoms with Crippen LogP contribution in [0.3, 0.4) is 0 Å². The van der Waals surface area contributed by atoms with Gasteiger partial charge in [-0.1, -0.05) is 40.2 Å². The van der Waals surface area contributed by atoms with Crippen LogP contribution in [0.25, 0.3) is 0 Å². The Bertz CT molecular complexity index is 803. The highest BCUT2D eigenvalue weighted by molar-refractivity contribution is 9.10. The number of hydrogen-bond acceptors (Lipinski definition) is 3. The van der Waals surface area contributed by atoms with Gasteiger partial charge in [-0.2, -0.15) is 5.26 Å². The van der Waals surface area contributed by atoms with Gasteiger partial charge in [0.15, 0.2) is 0 Å². The van der Waals surface area contributed by atoms with Crippen molar-refractivity contribution in [2.45, 2.75) is 24.8 Å². The average molecular weight is 413 g/mol. The summed E-state index contributed by atoms with van der Waals surface area (Å²) >= 11 is 3.47. The first kappa shape index (κ1) is 18.6. The van der Waals surface area contributed by atoms with E-state index >= 15 is 0 Å². The Kier molecular flexibility index (Phi) is 5.75. The molecule has 1 amide bonds. The fourth-order valence-corrected chi connectivity index (χ4v) is 3.77. The zero-order valence-corrected chi connectivity index (χ0v) is 16.3. The first-order chi connectivity index (χ1) is 12.5. The van der Waals surface area contributed by atoms with E-state index in [9.17, 15) is 4.79 Å². The number of nitrogens with zero attached hydrogens (tertiary/aromatic N) is 2. The third-order valence-electron chi connectivity index (χ3n) is 5.00. The Morgan fingerprint density at radius 1 is 1.15 bits per heavy atom. The van der Waals surface area contributed by atoms with Gasteiger partial charge in [0, 0.05) is 31.3 Å². The van der Waals surface area contributed by atoms with Crippen molar-refractivity contribution < 1.29 is 9.53 Å². The molecule has 0 atom stereocenters. The third-order valence-corrected chi connectivity index (χ3v) is 5.53. The Morgan fingerprint density at radius 3 is 2.35 bits per heavy atom. The van der Waals surface area contributed by atoms with Crippen LogP contribution in [0.1, 0.15) is 29.5 Å². The first-order valence-corrected chi connectivity index (χ1v) is 9.43. The van der Waals surface area contributed by atoms with E-state index in [1.54, 1.807) is 17.0 Å². The molecule has 1 aliphatic rings. The minimum atomic E-state index is -0.541. The van der Waals surface area contributed by atoms with Crippen LogP contribution < -0.4 is 0 Å². The van der Waals surface area contributed by atoms with Gasteiger partial charge in [-0.3, -0.25) is 4.79 Å². The lowest BCUT2D eigenvalue weighted by atomic mass is 9.73. The molecule has 2 aromatic carbocycles. The predicted octanol–water partition coefficient (Wildman–Crippen LogP) is 4.03. The maximum absolute atomic E-state index is 13.4. The molecule has 1 aliphatic heterocycles. The fraction of sp³-hybridized carbons (Fsp3) is 0.333. The van der Waals surface area contributed by atoms with Crippen molar-refractivity contribution in [3.63, 3.8) is 0 Å². The van der Waals surface area contributed by atoms with Gasteiger partial charge in [0.25, 0.3) is 0 Å². The summed E-state index contributed by atoms with van der Waals surface area (Å²) < 4.78 is 6.53. The maximum Gasteiger partial charge on any atom is 0.233 e. The van der Waals surface area contributed by atoms with E-state index in [0.717, 1.165) is 15.6 Å². The van der Waals surface area contributed by atoms with Crippen LogP contribution in [0.15, 0.2) is 53.0 Å². The minimum absolute atomic E-state index is 0.118. The molecule has 0 N–H and O–H groups in total. The zero-order valence-electron chi connectivity index (χ0n) is 14.7. The number of halogens is 1. The lowest BCUT2D eigenvalue weighted by Crippen LogP contribution is -2.48. The summed E-state index contributed by atoms with van der Waals surface area (Å²) in [5, 5.41) is 8.92. The molecule has 0 spiro atoms. The Balaban J connectivity index is 1.84. The Labute approximate surface area is 162 Å². The van der Waals surface area contributed by atoms with Crippen LogP contribution in [0.2, 0.25) is 0 Å². The van der Waals surface area contributed by atoms with Gasteiger partial charge in [0.1, 0.15) is 0 Å². The second kappa shape index (κ2) is 8.03. The monoisotopic (exact) mass is 412 g/mol. The van der Waals surface area contributed by atoms with Gasteiger partial charge in [-0.15, -0.1) is 0 Å². The maximum atomic E-state index is 13.4. The Morgan fingerprint density at radius 2 is 1.77 bits per heavy atom. The van der Waals surface area contributed by atoms with Gasteiger partial charge in [0.05, 0.1) is 17.0 Å². The van der Waals surface area contributed by atoms with E-state index in [1.807, 2.05) is 43.4 Å². The van der Waals surface area contributed by atoms with E-state index in [2.05, 4.69) is 22.0 Å². The summed E-state index contributed by atoms with van der Waals surface area (Å²) in [6, 6.07) is 17.5. The van der Waals surface area contributed by atoms with Crippen LogP contribution in [0, 0.1) is 11.3 Å². The number of likely N-dealkylation sites (N-methyl/N-ethyl adjacent to an activating group) is 1. The number of amides is 1. The summed E-state index contributed by atoms with van der Waals surface area (Å²) in [6.45, 7) is 1.70. The summed E-state index contributed by atoms with van der Waals surface area (Å²) in [5.41, 5.74) is 2.14. The molecular formula is C21H21BrN2O2. The van der Waals surface area contributed by atoms with E-state index in [4.69, 9.17) is 10.00 Å². The van der Waals surface area contributed by atoms with Gasteiger partial charge in [-0.05, 0) is 48.2 Å². The number of rotatable bonds is 4. The van der Waals surface area contributed by atoms with Gasteiger partial charge < -0.3 is 9.64 Å². The number of benzene rings is 2. The van der Waals surface area contributed by atoms with Gasteiger partial charge in [-0.25, -0.2) is 0 Å². The first-order valence-electron chi connectivity index (χ1n) is 8.63. The summed E-state index contributed by atoms with van der Waals surface area (Å²) in [6.07, 6.45) is 1.37. The highest BCUT2D eigenvalue weighted by Crippen LogP contribution is 2.37. The molecule has 2 aromatic rings. The smallest absolute Gasteiger partial charge is 0.233 e. The van der Waals surface area contributed by atoms with Gasteiger partial charge in [0.2, 0.25) is 5.91 Å². The lowest BCUT2D eigenvalue weighted by molar-refractivity contribution is -0.140. The molecule has 0 aliphatic carbocycles. The van der Waals surface area contributed by atoms with Gasteiger partial charge >= 0.3 is 0 Å². The van der Waals surface area contributed by atoms with E-state index in [1.165, 1.54) is 0 Å². The highest BCUT2D eigenvalue weighted by atomic mass is 79.9. The van der Waals surface area contributed by atoms with Crippen molar-refractivity contribution in [1.82, 2.24) is 4.90 Å². The van der Waals surface area contributed by atoms with Crippen molar-refractivity contribution in [2.24, 2.45) is 0 Å². The topological polar surface area (TPSA) is 53.3 Å². The fourth-order valence-electron chi connectivity index (χ4n) is 3.51. The largest absolute Gasteiger partial charge is 0.381 e. The minimum Gasteiger partial charge on any atom is -0.381 e. The molecule has 0 unspecified atom stereocenters. The molecule has 0 radical (unpaired) electrons. The van der Waals surface area contributed by atoms with Crippen LogP contribution in [-0.4, -0.2) is 31.1 Å². The molecule has 3 rings (SSSR count). The van der Waals surface area contributed by atoms with Crippen LogP contribution in [0.4, 0.5) is 0 Å². The van der Waals surface area contributed by atoms with Crippen LogP contribution in [0.5, 0.6) is 0 Å². The predicted molar refractivity (Wildman–Crippen MR) is 104 cm³/mol. The molecule has 1 heterocycles. The molecule has 26 heavy (non-hydrogen) atoms. The van der Waals surface area contributed by atoms with Crippen molar-refractivity contribution in [3.8, 4) is 6.07 Å². The van der Waals surface area contributed by atoms with Crippen molar-refractivity contribution >= 4 is 21.8 Å². The highest BCUT2D eigenvalue weighted by Gasteiger charge is 2.43. The lowest BCUT2D eigenvalue weighted by Gasteiger charge is -2.39. The van der Waals surface area contributed by atoms with Crippen LogP contribution in [-0.2, 0) is 21.5 Å². The molecule has 0 saturated carbocycles. The number of carbonyl (C=O) groups excluding carboxylic acids is 1. The Hall–Kier alpha value is -2.16. The summed E-state index contributed by atoms with van der Waals surface area (Å²) in [4.78, 5) is 15.2. The van der Waals surface area contributed by atoms with E-state index in [0.29, 0.717) is 38.2 Å². The van der Waals surface area contributed by atoms with Crippen molar-refractivity contribution in [1.29, 1.82) is 5.26 Å².